The van der Waals surface area contributed by atoms with Crippen LogP contribution in [0.1, 0.15) is 26.7 Å². The van der Waals surface area contributed by atoms with Crippen molar-refractivity contribution < 1.29 is 14.8 Å². The Balaban J connectivity index is 3.19. The van der Waals surface area contributed by atoms with Crippen molar-refractivity contribution >= 4 is 33.3 Å². The fourth-order valence-corrected chi connectivity index (χ4v) is 2.15. The molecule has 0 aliphatic carbocycles. The summed E-state index contributed by atoms with van der Waals surface area (Å²) in [4.78, 5) is 21.7. The lowest BCUT2D eigenvalue weighted by atomic mass is 9.95. The summed E-state index contributed by atoms with van der Waals surface area (Å²) in [5.41, 5.74) is -1.19. The summed E-state index contributed by atoms with van der Waals surface area (Å²) in [6.07, 6.45) is 1.02. The molecule has 2 N–H and O–H groups in total. The van der Waals surface area contributed by atoms with Gasteiger partial charge in [-0.15, -0.1) is 0 Å². The number of benzene rings is 1. The monoisotopic (exact) mass is 330 g/mol. The Morgan fingerprint density at radius 2 is 2.21 bits per heavy atom. The van der Waals surface area contributed by atoms with E-state index in [1.54, 1.807) is 6.07 Å². The van der Waals surface area contributed by atoms with E-state index in [1.165, 1.54) is 19.1 Å². The van der Waals surface area contributed by atoms with Gasteiger partial charge in [0.2, 0.25) is 0 Å². The third-order valence-corrected chi connectivity index (χ3v) is 3.28. The van der Waals surface area contributed by atoms with E-state index in [0.29, 0.717) is 17.3 Å². The number of anilines is 1. The minimum absolute atomic E-state index is 0.147. The van der Waals surface area contributed by atoms with Crippen LogP contribution in [0.3, 0.4) is 0 Å². The van der Waals surface area contributed by atoms with Gasteiger partial charge in [0.05, 0.1) is 4.92 Å². The topological polar surface area (TPSA) is 92.5 Å². The number of carbonyl (C=O) groups is 1. The summed E-state index contributed by atoms with van der Waals surface area (Å²) in [5.74, 6) is -1.04. The predicted molar refractivity (Wildman–Crippen MR) is 75.4 cm³/mol. The second kappa shape index (κ2) is 6.01. The van der Waals surface area contributed by atoms with E-state index in [0.717, 1.165) is 0 Å². The van der Waals surface area contributed by atoms with Crippen LogP contribution >= 0.6 is 15.9 Å². The first-order valence-electron chi connectivity index (χ1n) is 5.75. The maximum atomic E-state index is 11.3. The first-order valence-corrected chi connectivity index (χ1v) is 6.55. The molecule has 0 spiro atoms. The minimum atomic E-state index is -1.24. The molecule has 1 aromatic carbocycles. The van der Waals surface area contributed by atoms with Crippen LogP contribution in [0.2, 0.25) is 0 Å². The maximum Gasteiger partial charge on any atom is 0.329 e. The molecule has 1 atom stereocenters. The Kier molecular flexibility index (Phi) is 4.88. The molecule has 0 saturated carbocycles. The number of nitro groups is 1. The number of hydrogen-bond donors (Lipinski definition) is 2. The third kappa shape index (κ3) is 3.66. The summed E-state index contributed by atoms with van der Waals surface area (Å²) in [5, 5.41) is 23.0. The molecular formula is C12H15BrN2O4. The summed E-state index contributed by atoms with van der Waals surface area (Å²) in [6, 6.07) is 4.39. The number of hydrogen-bond acceptors (Lipinski definition) is 4. The van der Waals surface area contributed by atoms with Gasteiger partial charge >= 0.3 is 5.97 Å². The van der Waals surface area contributed by atoms with Gasteiger partial charge < -0.3 is 10.4 Å². The molecule has 0 amide bonds. The molecule has 1 rings (SSSR count). The third-order valence-electron chi connectivity index (χ3n) is 2.79. The molecule has 0 aliphatic rings. The van der Waals surface area contributed by atoms with Crippen molar-refractivity contribution in [2.24, 2.45) is 0 Å². The largest absolute Gasteiger partial charge is 0.480 e. The first kappa shape index (κ1) is 15.4. The van der Waals surface area contributed by atoms with Crippen molar-refractivity contribution in [1.29, 1.82) is 0 Å². The van der Waals surface area contributed by atoms with Crippen molar-refractivity contribution in [2.75, 3.05) is 5.32 Å². The lowest BCUT2D eigenvalue weighted by molar-refractivity contribution is -0.384. The molecule has 0 aromatic heterocycles. The fraction of sp³-hybridized carbons (Fsp3) is 0.417. The number of halogens is 1. The Bertz CT molecular complexity index is 507. The Hall–Kier alpha value is -1.63. The van der Waals surface area contributed by atoms with E-state index < -0.39 is 16.4 Å². The molecule has 6 nitrogen and oxygen atoms in total. The fourth-order valence-electron chi connectivity index (χ4n) is 1.79. The van der Waals surface area contributed by atoms with Gasteiger partial charge in [0.25, 0.3) is 5.69 Å². The standard InChI is InChI=1S/C12H15BrN2O4/c1-3-6-12(2,11(16)17)14-9-7-8(13)4-5-10(9)15(18)19/h4-5,7,14H,3,6H2,1-2H3,(H,16,17). The van der Waals surface area contributed by atoms with Gasteiger partial charge in [0.1, 0.15) is 11.2 Å². The molecule has 1 aromatic rings. The number of carboxylic acid groups (broad SMARTS) is 1. The van der Waals surface area contributed by atoms with Gasteiger partial charge in [0.15, 0.2) is 0 Å². The van der Waals surface area contributed by atoms with Crippen molar-refractivity contribution in [3.63, 3.8) is 0 Å². The zero-order valence-electron chi connectivity index (χ0n) is 10.6. The van der Waals surface area contributed by atoms with Crippen LogP contribution in [0.4, 0.5) is 11.4 Å². The summed E-state index contributed by atoms with van der Waals surface area (Å²) < 4.78 is 0.643. The van der Waals surface area contributed by atoms with Crippen LogP contribution in [0, 0.1) is 10.1 Å². The number of carboxylic acids is 1. The molecule has 7 heteroatoms. The average molecular weight is 331 g/mol. The smallest absolute Gasteiger partial charge is 0.329 e. The van der Waals surface area contributed by atoms with Gasteiger partial charge in [-0.05, 0) is 25.5 Å². The quantitative estimate of drug-likeness (QED) is 0.615. The van der Waals surface area contributed by atoms with E-state index in [-0.39, 0.29) is 11.4 Å². The van der Waals surface area contributed by atoms with Gasteiger partial charge in [-0.3, -0.25) is 10.1 Å². The Morgan fingerprint density at radius 3 is 2.68 bits per heavy atom. The van der Waals surface area contributed by atoms with Crippen molar-refractivity contribution in [3.05, 3.63) is 32.8 Å². The number of nitrogens with zero attached hydrogens (tertiary/aromatic N) is 1. The van der Waals surface area contributed by atoms with Crippen LogP contribution in [-0.4, -0.2) is 21.5 Å². The first-order chi connectivity index (χ1) is 8.80. The summed E-state index contributed by atoms with van der Waals surface area (Å²) in [6.45, 7) is 3.38. The number of nitro benzene ring substituents is 1. The van der Waals surface area contributed by atoms with Gasteiger partial charge in [-0.1, -0.05) is 29.3 Å². The molecule has 19 heavy (non-hydrogen) atoms. The molecule has 0 bridgehead atoms. The van der Waals surface area contributed by atoms with E-state index in [2.05, 4.69) is 21.2 Å². The highest BCUT2D eigenvalue weighted by molar-refractivity contribution is 9.10. The van der Waals surface area contributed by atoms with Gasteiger partial charge in [-0.2, -0.15) is 0 Å². The lowest BCUT2D eigenvalue weighted by Crippen LogP contribution is -2.43. The molecule has 0 heterocycles. The molecule has 0 aliphatic heterocycles. The van der Waals surface area contributed by atoms with Crippen LogP contribution in [0.15, 0.2) is 22.7 Å². The van der Waals surface area contributed by atoms with Crippen molar-refractivity contribution in [2.45, 2.75) is 32.2 Å². The van der Waals surface area contributed by atoms with Crippen LogP contribution < -0.4 is 5.32 Å². The second-order valence-corrected chi connectivity index (χ2v) is 5.35. The number of aliphatic carboxylic acids is 1. The van der Waals surface area contributed by atoms with Gasteiger partial charge in [-0.25, -0.2) is 4.79 Å². The van der Waals surface area contributed by atoms with Gasteiger partial charge in [0, 0.05) is 10.5 Å². The van der Waals surface area contributed by atoms with Crippen molar-refractivity contribution in [3.8, 4) is 0 Å². The lowest BCUT2D eigenvalue weighted by Gasteiger charge is -2.26. The predicted octanol–water partition coefficient (Wildman–Crippen LogP) is 3.41. The Labute approximate surface area is 119 Å². The number of rotatable bonds is 6. The molecule has 0 saturated heterocycles. The maximum absolute atomic E-state index is 11.3. The Morgan fingerprint density at radius 1 is 1.58 bits per heavy atom. The second-order valence-electron chi connectivity index (χ2n) is 4.43. The van der Waals surface area contributed by atoms with Crippen molar-refractivity contribution in [1.82, 2.24) is 0 Å². The highest BCUT2D eigenvalue weighted by Crippen LogP contribution is 2.31. The molecular weight excluding hydrogens is 316 g/mol. The van der Waals surface area contributed by atoms with E-state index in [9.17, 15) is 20.0 Å². The highest BCUT2D eigenvalue weighted by Gasteiger charge is 2.33. The molecule has 0 fully saturated rings. The summed E-state index contributed by atoms with van der Waals surface area (Å²) >= 11 is 3.22. The normalized spacial score (nSPS) is 13.6. The van der Waals surface area contributed by atoms with Crippen LogP contribution in [-0.2, 0) is 4.79 Å². The molecule has 104 valence electrons. The van der Waals surface area contributed by atoms with Crippen LogP contribution in [0.5, 0.6) is 0 Å². The highest BCUT2D eigenvalue weighted by atomic mass is 79.9. The zero-order chi connectivity index (χ0) is 14.6. The minimum Gasteiger partial charge on any atom is -0.480 e. The molecule has 1 unspecified atom stereocenters. The van der Waals surface area contributed by atoms with E-state index >= 15 is 0 Å². The van der Waals surface area contributed by atoms with E-state index in [1.807, 2.05) is 6.92 Å². The van der Waals surface area contributed by atoms with E-state index in [4.69, 9.17) is 0 Å². The summed E-state index contributed by atoms with van der Waals surface area (Å²) in [7, 11) is 0. The average Bonchev–Trinajstić information content (AvgIpc) is 2.28. The SMILES string of the molecule is CCCC(C)(Nc1cc(Br)ccc1[N+](=O)[O-])C(=O)O. The van der Waals surface area contributed by atoms with Crippen LogP contribution in [0.25, 0.3) is 0 Å². The number of nitrogens with one attached hydrogen (secondary N) is 1. The zero-order valence-corrected chi connectivity index (χ0v) is 12.2. The molecule has 0 radical (unpaired) electrons.